The van der Waals surface area contributed by atoms with Crippen molar-refractivity contribution in [2.75, 3.05) is 56.0 Å². The monoisotopic (exact) mass is 296 g/mol. The average molecular weight is 296 g/mol. The molecule has 1 fully saturated rings. The lowest BCUT2D eigenvalue weighted by molar-refractivity contribution is -0.101. The van der Waals surface area contributed by atoms with Crippen molar-refractivity contribution in [2.45, 2.75) is 25.6 Å². The number of ether oxygens (including phenoxy) is 1. The maximum atomic E-state index is 9.41. The van der Waals surface area contributed by atoms with E-state index in [9.17, 15) is 5.11 Å². The van der Waals surface area contributed by atoms with Gasteiger partial charge in [-0.2, -0.15) is 15.0 Å². The Morgan fingerprint density at radius 1 is 1.38 bits per heavy atom. The van der Waals surface area contributed by atoms with E-state index < -0.39 is 0 Å². The van der Waals surface area contributed by atoms with Crippen molar-refractivity contribution in [3.63, 3.8) is 0 Å². The molecule has 1 atom stereocenters. The summed E-state index contributed by atoms with van der Waals surface area (Å²) in [6, 6.07) is 0. The molecular weight excluding hydrogens is 272 g/mol. The minimum absolute atomic E-state index is 0.0234. The van der Waals surface area contributed by atoms with Crippen molar-refractivity contribution in [1.82, 2.24) is 15.0 Å². The molecule has 1 aliphatic rings. The van der Waals surface area contributed by atoms with E-state index in [0.717, 1.165) is 0 Å². The van der Waals surface area contributed by atoms with Crippen molar-refractivity contribution >= 4 is 17.8 Å². The summed E-state index contributed by atoms with van der Waals surface area (Å²) in [6.45, 7) is 5.18. The van der Waals surface area contributed by atoms with Gasteiger partial charge in [0.2, 0.25) is 17.8 Å². The molecule has 1 saturated heterocycles. The molecule has 0 radical (unpaired) electrons. The smallest absolute Gasteiger partial charge is 0.232 e. The van der Waals surface area contributed by atoms with Crippen LogP contribution in [0.25, 0.3) is 0 Å². The Morgan fingerprint density at radius 2 is 2.10 bits per heavy atom. The van der Waals surface area contributed by atoms with Crippen molar-refractivity contribution in [2.24, 2.45) is 0 Å². The zero-order valence-corrected chi connectivity index (χ0v) is 13.3. The number of rotatable bonds is 4. The van der Waals surface area contributed by atoms with Crippen LogP contribution in [0, 0.1) is 0 Å². The first-order chi connectivity index (χ1) is 9.84. The van der Waals surface area contributed by atoms with Crippen LogP contribution in [0.4, 0.5) is 17.8 Å². The molecule has 0 spiro atoms. The molecule has 1 aromatic rings. The van der Waals surface area contributed by atoms with Gasteiger partial charge in [-0.05, 0) is 13.8 Å². The summed E-state index contributed by atoms with van der Waals surface area (Å²) < 4.78 is 5.82. The molecule has 8 heteroatoms. The van der Waals surface area contributed by atoms with Gasteiger partial charge in [-0.15, -0.1) is 0 Å². The van der Waals surface area contributed by atoms with Gasteiger partial charge in [-0.25, -0.2) is 0 Å². The molecule has 118 valence electrons. The quantitative estimate of drug-likeness (QED) is 0.800. The summed E-state index contributed by atoms with van der Waals surface area (Å²) in [5.74, 6) is 1.70. The van der Waals surface area contributed by atoms with E-state index in [-0.39, 0.29) is 18.3 Å². The molecule has 0 bridgehead atoms. The topological polar surface area (TPSA) is 86.6 Å². The van der Waals surface area contributed by atoms with Gasteiger partial charge < -0.3 is 25.0 Å². The van der Waals surface area contributed by atoms with Crippen molar-refractivity contribution in [1.29, 1.82) is 0 Å². The second-order valence-corrected chi connectivity index (χ2v) is 5.97. The number of aromatic nitrogens is 3. The van der Waals surface area contributed by atoms with Crippen LogP contribution >= 0.6 is 0 Å². The highest BCUT2D eigenvalue weighted by Gasteiger charge is 2.34. The second kappa shape index (κ2) is 5.98. The fourth-order valence-corrected chi connectivity index (χ4v) is 2.35. The third-order valence-electron chi connectivity index (χ3n) is 3.20. The maximum Gasteiger partial charge on any atom is 0.232 e. The highest BCUT2D eigenvalue weighted by atomic mass is 16.5. The third-order valence-corrected chi connectivity index (χ3v) is 3.20. The molecule has 2 N–H and O–H groups in total. The largest absolute Gasteiger partial charge is 0.394 e. The lowest BCUT2D eigenvalue weighted by Crippen LogP contribution is -2.54. The van der Waals surface area contributed by atoms with Crippen molar-refractivity contribution in [3.8, 4) is 0 Å². The van der Waals surface area contributed by atoms with Gasteiger partial charge in [-0.3, -0.25) is 0 Å². The van der Waals surface area contributed by atoms with Crippen molar-refractivity contribution < 1.29 is 9.84 Å². The first kappa shape index (κ1) is 15.7. The Morgan fingerprint density at radius 3 is 2.67 bits per heavy atom. The van der Waals surface area contributed by atoms with E-state index in [1.54, 1.807) is 7.05 Å². The lowest BCUT2D eigenvalue weighted by Gasteiger charge is -2.42. The number of morpholine rings is 1. The Hall–Kier alpha value is -1.67. The van der Waals surface area contributed by atoms with Crippen LogP contribution in [-0.2, 0) is 4.74 Å². The molecule has 0 aliphatic carbocycles. The predicted octanol–water partition coefficient (Wildman–Crippen LogP) is -0.0446. The number of anilines is 3. The number of nitrogens with zero attached hydrogens (tertiary/aromatic N) is 5. The number of hydrogen-bond acceptors (Lipinski definition) is 8. The molecule has 21 heavy (non-hydrogen) atoms. The fraction of sp³-hybridized carbons (Fsp3) is 0.769. The molecule has 0 amide bonds. The molecule has 1 aliphatic heterocycles. The van der Waals surface area contributed by atoms with Gasteiger partial charge in [0.15, 0.2) is 0 Å². The van der Waals surface area contributed by atoms with E-state index in [2.05, 4.69) is 20.3 Å². The van der Waals surface area contributed by atoms with Gasteiger partial charge in [0.25, 0.3) is 0 Å². The number of aliphatic hydroxyl groups excluding tert-OH is 1. The predicted molar refractivity (Wildman–Crippen MR) is 82.0 cm³/mol. The van der Waals surface area contributed by atoms with Gasteiger partial charge in [0.1, 0.15) is 0 Å². The van der Waals surface area contributed by atoms with Crippen molar-refractivity contribution in [3.05, 3.63) is 0 Å². The normalized spacial score (nSPS) is 21.2. The van der Waals surface area contributed by atoms with Gasteiger partial charge in [0, 0.05) is 34.2 Å². The summed E-state index contributed by atoms with van der Waals surface area (Å²) in [7, 11) is 5.55. The van der Waals surface area contributed by atoms with Crippen LogP contribution in [0.3, 0.4) is 0 Å². The first-order valence-electron chi connectivity index (χ1n) is 6.99. The van der Waals surface area contributed by atoms with E-state index in [4.69, 9.17) is 4.74 Å². The molecule has 1 unspecified atom stereocenters. The summed E-state index contributed by atoms with van der Waals surface area (Å²) in [6.07, 6.45) is -0.244. The Bertz CT molecular complexity index is 494. The van der Waals surface area contributed by atoms with Crippen LogP contribution in [-0.4, -0.2) is 72.6 Å². The molecule has 2 rings (SSSR count). The molecule has 0 saturated carbocycles. The SMILES string of the molecule is CNc1nc(N(C)C)nc(N2CC(CO)OC(C)(C)C2)n1. The summed E-state index contributed by atoms with van der Waals surface area (Å²) >= 11 is 0. The molecule has 0 aromatic carbocycles. The van der Waals surface area contributed by atoms with Gasteiger partial charge >= 0.3 is 0 Å². The van der Waals surface area contributed by atoms with E-state index in [1.165, 1.54) is 0 Å². The zero-order chi connectivity index (χ0) is 15.6. The molecular formula is C13H24N6O2. The van der Waals surface area contributed by atoms with E-state index >= 15 is 0 Å². The minimum atomic E-state index is -0.365. The average Bonchev–Trinajstić information content (AvgIpc) is 2.44. The minimum Gasteiger partial charge on any atom is -0.394 e. The lowest BCUT2D eigenvalue weighted by atomic mass is 10.1. The first-order valence-corrected chi connectivity index (χ1v) is 6.99. The fourth-order valence-electron chi connectivity index (χ4n) is 2.35. The Kier molecular flexibility index (Phi) is 4.48. The number of hydrogen-bond donors (Lipinski definition) is 2. The molecule has 2 heterocycles. The highest BCUT2D eigenvalue weighted by Crippen LogP contribution is 2.25. The van der Waals surface area contributed by atoms with Crippen LogP contribution in [0.5, 0.6) is 0 Å². The highest BCUT2D eigenvalue weighted by molar-refractivity contribution is 5.45. The summed E-state index contributed by atoms with van der Waals surface area (Å²) in [5, 5.41) is 12.4. The summed E-state index contributed by atoms with van der Waals surface area (Å²) in [4.78, 5) is 17.1. The zero-order valence-electron chi connectivity index (χ0n) is 13.3. The van der Waals surface area contributed by atoms with Gasteiger partial charge in [0.05, 0.1) is 18.3 Å². The van der Waals surface area contributed by atoms with Crippen LogP contribution in [0.15, 0.2) is 0 Å². The van der Waals surface area contributed by atoms with Crippen LogP contribution in [0.1, 0.15) is 13.8 Å². The van der Waals surface area contributed by atoms with Crippen LogP contribution in [0.2, 0.25) is 0 Å². The van der Waals surface area contributed by atoms with Crippen LogP contribution < -0.4 is 15.1 Å². The Labute approximate surface area is 125 Å². The number of aliphatic hydroxyl groups is 1. The van der Waals surface area contributed by atoms with E-state index in [1.807, 2.05) is 37.7 Å². The maximum absolute atomic E-state index is 9.41. The van der Waals surface area contributed by atoms with E-state index in [0.29, 0.717) is 30.9 Å². The molecule has 8 nitrogen and oxygen atoms in total. The van der Waals surface area contributed by atoms with Gasteiger partial charge in [-0.1, -0.05) is 0 Å². The molecule has 1 aromatic heterocycles. The standard InChI is InChI=1S/C13H24N6O2/c1-13(2)8-19(6-9(7-20)21-13)12-16-10(14-3)15-11(17-12)18(4)5/h9,20H,6-8H2,1-5H3,(H,14,15,16,17). The second-order valence-electron chi connectivity index (χ2n) is 5.97. The number of nitrogens with one attached hydrogen (secondary N) is 1. The Balaban J connectivity index is 2.33. The summed E-state index contributed by atoms with van der Waals surface area (Å²) in [5.41, 5.74) is -0.365. The third kappa shape index (κ3) is 3.70.